The molecule has 1 aliphatic carbocycles. The SMILES string of the molecule is C[C@H]1CCc2c(sc(NC(=O)c3cccs3)c2C(=O)N2CC[NH+](C)CC2)C1. The van der Waals surface area contributed by atoms with Gasteiger partial charge in [0, 0.05) is 4.88 Å². The molecule has 0 aromatic carbocycles. The van der Waals surface area contributed by atoms with Crippen molar-refractivity contribution in [3.05, 3.63) is 38.4 Å². The molecule has 7 heteroatoms. The molecule has 0 bridgehead atoms. The molecule has 0 spiro atoms. The zero-order valence-electron chi connectivity index (χ0n) is 15.8. The summed E-state index contributed by atoms with van der Waals surface area (Å²) in [6, 6.07) is 3.69. The van der Waals surface area contributed by atoms with E-state index in [9.17, 15) is 9.59 Å². The van der Waals surface area contributed by atoms with Crippen molar-refractivity contribution in [1.29, 1.82) is 0 Å². The van der Waals surface area contributed by atoms with E-state index in [4.69, 9.17) is 0 Å². The van der Waals surface area contributed by atoms with E-state index in [1.807, 2.05) is 22.4 Å². The lowest BCUT2D eigenvalue weighted by Gasteiger charge is -2.30. The minimum Gasteiger partial charge on any atom is -0.334 e. The number of quaternary nitrogens is 1. The molecule has 27 heavy (non-hydrogen) atoms. The van der Waals surface area contributed by atoms with Crippen molar-refractivity contribution in [2.45, 2.75) is 26.2 Å². The number of nitrogens with zero attached hydrogens (tertiary/aromatic N) is 1. The molecule has 1 saturated heterocycles. The van der Waals surface area contributed by atoms with Crippen LogP contribution in [0.1, 0.15) is 43.8 Å². The maximum Gasteiger partial charge on any atom is 0.266 e. The van der Waals surface area contributed by atoms with Gasteiger partial charge in [-0.15, -0.1) is 22.7 Å². The number of carbonyl (C=O) groups excluding carboxylic acids is 2. The van der Waals surface area contributed by atoms with Crippen molar-refractivity contribution in [3.8, 4) is 0 Å². The number of hydrogen-bond acceptors (Lipinski definition) is 4. The van der Waals surface area contributed by atoms with Crippen LogP contribution in [0.4, 0.5) is 5.00 Å². The van der Waals surface area contributed by atoms with Crippen LogP contribution in [0.3, 0.4) is 0 Å². The Morgan fingerprint density at radius 1 is 1.30 bits per heavy atom. The summed E-state index contributed by atoms with van der Waals surface area (Å²) in [5, 5.41) is 5.69. The molecular weight excluding hydrogens is 378 g/mol. The fourth-order valence-electron chi connectivity index (χ4n) is 3.89. The summed E-state index contributed by atoms with van der Waals surface area (Å²) in [6.07, 6.45) is 3.04. The van der Waals surface area contributed by atoms with Crippen LogP contribution in [0.15, 0.2) is 17.5 Å². The quantitative estimate of drug-likeness (QED) is 0.824. The largest absolute Gasteiger partial charge is 0.334 e. The van der Waals surface area contributed by atoms with Gasteiger partial charge in [-0.3, -0.25) is 9.59 Å². The molecule has 2 aromatic rings. The Balaban J connectivity index is 1.65. The zero-order chi connectivity index (χ0) is 19.0. The molecule has 2 N–H and O–H groups in total. The van der Waals surface area contributed by atoms with E-state index >= 15 is 0 Å². The van der Waals surface area contributed by atoms with Crippen LogP contribution in [0, 0.1) is 5.92 Å². The second-order valence-corrected chi connectivity index (χ2v) is 9.79. The summed E-state index contributed by atoms with van der Waals surface area (Å²) in [7, 11) is 2.17. The van der Waals surface area contributed by atoms with Gasteiger partial charge >= 0.3 is 0 Å². The molecule has 1 aliphatic heterocycles. The Bertz CT molecular complexity index is 836. The third kappa shape index (κ3) is 3.81. The molecule has 0 unspecified atom stereocenters. The van der Waals surface area contributed by atoms with E-state index in [-0.39, 0.29) is 11.8 Å². The number of hydrogen-bond donors (Lipinski definition) is 2. The van der Waals surface area contributed by atoms with Crippen LogP contribution >= 0.6 is 22.7 Å². The maximum atomic E-state index is 13.4. The van der Waals surface area contributed by atoms with Crippen molar-refractivity contribution in [3.63, 3.8) is 0 Å². The third-order valence-corrected chi connectivity index (χ3v) is 7.64. The third-order valence-electron chi connectivity index (χ3n) is 5.60. The minimum absolute atomic E-state index is 0.0935. The predicted octanol–water partition coefficient (Wildman–Crippen LogP) is 2.16. The number of nitrogens with one attached hydrogen (secondary N) is 2. The van der Waals surface area contributed by atoms with Crippen molar-refractivity contribution in [2.75, 3.05) is 38.5 Å². The molecule has 1 fully saturated rings. The van der Waals surface area contributed by atoms with Gasteiger partial charge in [0.05, 0.1) is 43.7 Å². The van der Waals surface area contributed by atoms with E-state index in [2.05, 4.69) is 19.3 Å². The van der Waals surface area contributed by atoms with Crippen molar-refractivity contribution < 1.29 is 14.5 Å². The van der Waals surface area contributed by atoms with E-state index < -0.39 is 0 Å². The number of piperazine rings is 1. The molecule has 5 nitrogen and oxygen atoms in total. The summed E-state index contributed by atoms with van der Waals surface area (Å²) in [5.41, 5.74) is 1.93. The Morgan fingerprint density at radius 3 is 2.78 bits per heavy atom. The number of amides is 2. The van der Waals surface area contributed by atoms with Gasteiger partial charge in [0.2, 0.25) is 0 Å². The highest BCUT2D eigenvalue weighted by molar-refractivity contribution is 7.17. The van der Waals surface area contributed by atoms with Gasteiger partial charge < -0.3 is 15.1 Å². The number of carbonyl (C=O) groups is 2. The molecule has 1 atom stereocenters. The Hall–Kier alpha value is -1.70. The van der Waals surface area contributed by atoms with Gasteiger partial charge in [0.25, 0.3) is 11.8 Å². The Kier molecular flexibility index (Phi) is 5.34. The van der Waals surface area contributed by atoms with E-state index in [1.165, 1.54) is 26.7 Å². The smallest absolute Gasteiger partial charge is 0.266 e. The van der Waals surface area contributed by atoms with E-state index in [1.54, 1.807) is 11.3 Å². The average molecular weight is 405 g/mol. The van der Waals surface area contributed by atoms with Crippen LogP contribution in [-0.2, 0) is 12.8 Å². The molecule has 2 amide bonds. The van der Waals surface area contributed by atoms with E-state index in [0.717, 1.165) is 56.0 Å². The second kappa shape index (κ2) is 7.73. The van der Waals surface area contributed by atoms with Gasteiger partial charge in [-0.25, -0.2) is 0 Å². The molecule has 0 saturated carbocycles. The standard InChI is InChI=1S/C20H25N3O2S2/c1-13-5-6-14-16(12-13)27-19(21-18(24)15-4-3-11-26-15)17(14)20(25)23-9-7-22(2)8-10-23/h3-4,11,13H,5-10,12H2,1-2H3,(H,21,24)/p+1/t13-/m0/s1. The highest BCUT2D eigenvalue weighted by Gasteiger charge is 2.32. The first kappa shape index (κ1) is 18.7. The normalized spacial score (nSPS) is 20.4. The van der Waals surface area contributed by atoms with Gasteiger partial charge in [-0.05, 0) is 42.2 Å². The van der Waals surface area contributed by atoms with E-state index in [0.29, 0.717) is 10.8 Å². The van der Waals surface area contributed by atoms with Crippen LogP contribution in [0.5, 0.6) is 0 Å². The Labute approximate surface area is 168 Å². The lowest BCUT2D eigenvalue weighted by Crippen LogP contribution is -3.12. The molecular formula is C20H26N3O2S2+. The van der Waals surface area contributed by atoms with Gasteiger partial charge in [0.1, 0.15) is 5.00 Å². The first-order valence-electron chi connectivity index (χ1n) is 9.63. The number of anilines is 1. The molecule has 0 radical (unpaired) electrons. The first-order chi connectivity index (χ1) is 13.0. The zero-order valence-corrected chi connectivity index (χ0v) is 17.5. The highest BCUT2D eigenvalue weighted by Crippen LogP contribution is 2.40. The topological polar surface area (TPSA) is 53.9 Å². The monoisotopic (exact) mass is 404 g/mol. The van der Waals surface area contributed by atoms with Crippen molar-refractivity contribution in [2.24, 2.45) is 5.92 Å². The predicted molar refractivity (Wildman–Crippen MR) is 110 cm³/mol. The number of fused-ring (bicyclic) bond motifs is 1. The van der Waals surface area contributed by atoms with Crippen molar-refractivity contribution >= 4 is 39.5 Å². The fraction of sp³-hybridized carbons (Fsp3) is 0.500. The molecule has 2 aliphatic rings. The van der Waals surface area contributed by atoms with Crippen LogP contribution in [0.25, 0.3) is 0 Å². The fourth-order valence-corrected chi connectivity index (χ4v) is 5.90. The minimum atomic E-state index is -0.117. The summed E-state index contributed by atoms with van der Waals surface area (Å²) >= 11 is 3.03. The summed E-state index contributed by atoms with van der Waals surface area (Å²) in [4.78, 5) is 31.4. The van der Waals surface area contributed by atoms with Crippen LogP contribution in [0.2, 0.25) is 0 Å². The lowest BCUT2D eigenvalue weighted by atomic mass is 9.88. The summed E-state index contributed by atoms with van der Waals surface area (Å²) in [5.74, 6) is 0.608. The summed E-state index contributed by atoms with van der Waals surface area (Å²) < 4.78 is 0. The van der Waals surface area contributed by atoms with Gasteiger partial charge in [-0.1, -0.05) is 13.0 Å². The molecule has 4 rings (SSSR count). The highest BCUT2D eigenvalue weighted by atomic mass is 32.1. The summed E-state index contributed by atoms with van der Waals surface area (Å²) in [6.45, 7) is 5.78. The molecule has 2 aromatic heterocycles. The molecule has 3 heterocycles. The average Bonchev–Trinajstić information content (AvgIpc) is 3.29. The number of thiophene rings is 2. The maximum absolute atomic E-state index is 13.4. The van der Waals surface area contributed by atoms with Crippen LogP contribution in [-0.4, -0.2) is 49.9 Å². The van der Waals surface area contributed by atoms with Crippen molar-refractivity contribution in [1.82, 2.24) is 4.90 Å². The lowest BCUT2D eigenvalue weighted by molar-refractivity contribution is -0.883. The molecule has 144 valence electrons. The second-order valence-electron chi connectivity index (χ2n) is 7.74. The Morgan fingerprint density at radius 2 is 2.07 bits per heavy atom. The first-order valence-corrected chi connectivity index (χ1v) is 11.3. The van der Waals surface area contributed by atoms with Gasteiger partial charge in [0.15, 0.2) is 0 Å². The van der Waals surface area contributed by atoms with Gasteiger partial charge in [-0.2, -0.15) is 0 Å². The number of rotatable bonds is 3. The van der Waals surface area contributed by atoms with Crippen LogP contribution < -0.4 is 10.2 Å². The number of likely N-dealkylation sites (N-methyl/N-ethyl adjacent to an activating group) is 1.